The largest absolute Gasteiger partial charge is 0.452 e. The highest BCUT2D eigenvalue weighted by Gasteiger charge is 2.12. The minimum absolute atomic E-state index is 0.102. The van der Waals surface area contributed by atoms with Crippen molar-refractivity contribution in [2.45, 2.75) is 6.61 Å². The lowest BCUT2D eigenvalue weighted by molar-refractivity contribution is -0.385. The van der Waals surface area contributed by atoms with Crippen molar-refractivity contribution in [2.75, 3.05) is 0 Å². The smallest absolute Gasteiger partial charge is 0.331 e. The van der Waals surface area contributed by atoms with Crippen molar-refractivity contribution in [2.24, 2.45) is 0 Å². The minimum Gasteiger partial charge on any atom is -0.452 e. The van der Waals surface area contributed by atoms with Crippen molar-refractivity contribution >= 4 is 17.7 Å². The van der Waals surface area contributed by atoms with E-state index in [1.165, 1.54) is 18.2 Å². The Morgan fingerprint density at radius 3 is 2.88 bits per heavy atom. The minimum atomic E-state index is -0.690. The zero-order valence-corrected chi connectivity index (χ0v) is 13.3. The average molecular weight is 352 g/mol. The first kappa shape index (κ1) is 17.0. The van der Waals surface area contributed by atoms with Crippen LogP contribution in [0.2, 0.25) is 0 Å². The molecule has 2 heterocycles. The molecule has 0 fully saturated rings. The van der Waals surface area contributed by atoms with E-state index in [0.717, 1.165) is 6.08 Å². The van der Waals surface area contributed by atoms with Gasteiger partial charge in [0.05, 0.1) is 10.5 Å². The third kappa shape index (κ3) is 4.15. The Balaban J connectivity index is 1.60. The summed E-state index contributed by atoms with van der Waals surface area (Å²) in [6.07, 6.45) is 5.61. The molecule has 3 aromatic rings. The van der Waals surface area contributed by atoms with Gasteiger partial charge in [-0.3, -0.25) is 15.1 Å². The van der Waals surface area contributed by atoms with Crippen LogP contribution in [0.15, 0.2) is 59.4 Å². The summed E-state index contributed by atoms with van der Waals surface area (Å²) in [4.78, 5) is 30.2. The molecule has 0 amide bonds. The van der Waals surface area contributed by atoms with E-state index in [-0.39, 0.29) is 18.2 Å². The van der Waals surface area contributed by atoms with Crippen LogP contribution in [0.3, 0.4) is 0 Å². The number of rotatable bonds is 6. The van der Waals surface area contributed by atoms with Gasteiger partial charge in [0, 0.05) is 30.1 Å². The number of hydrogen-bond acceptors (Lipinski definition) is 8. The maximum atomic E-state index is 11.8. The zero-order valence-electron chi connectivity index (χ0n) is 13.3. The highest BCUT2D eigenvalue weighted by Crippen LogP contribution is 2.19. The molecule has 0 saturated carbocycles. The number of esters is 1. The van der Waals surface area contributed by atoms with E-state index >= 15 is 0 Å². The first-order valence-corrected chi connectivity index (χ1v) is 7.45. The van der Waals surface area contributed by atoms with Crippen LogP contribution in [0.1, 0.15) is 11.5 Å². The summed E-state index contributed by atoms with van der Waals surface area (Å²) in [6.45, 7) is -0.215. The standard InChI is InChI=1S/C17H12N4O5/c22-16(8-7-12-4-1-2-6-14(12)21(23)24)25-11-15-19-17(20-26-15)13-5-3-9-18-10-13/h1-10H,11H2/b8-7+. The quantitative estimate of drug-likeness (QED) is 0.287. The molecule has 9 heteroatoms. The summed E-state index contributed by atoms with van der Waals surface area (Å²) in [5, 5.41) is 14.7. The van der Waals surface area contributed by atoms with Gasteiger partial charge in [-0.1, -0.05) is 17.3 Å². The molecule has 130 valence electrons. The second-order valence-corrected chi connectivity index (χ2v) is 5.01. The molecule has 0 bridgehead atoms. The molecule has 1 aromatic carbocycles. The first-order chi connectivity index (χ1) is 12.6. The molecule has 0 saturated heterocycles. The van der Waals surface area contributed by atoms with Gasteiger partial charge in [-0.05, 0) is 24.3 Å². The van der Waals surface area contributed by atoms with Gasteiger partial charge < -0.3 is 9.26 Å². The number of hydrogen-bond donors (Lipinski definition) is 0. The van der Waals surface area contributed by atoms with Crippen LogP contribution in [0.5, 0.6) is 0 Å². The van der Waals surface area contributed by atoms with Crippen molar-refractivity contribution in [1.29, 1.82) is 0 Å². The Morgan fingerprint density at radius 1 is 1.27 bits per heavy atom. The van der Waals surface area contributed by atoms with Gasteiger partial charge in [0.25, 0.3) is 11.6 Å². The molecule has 0 aliphatic heterocycles. The fourth-order valence-corrected chi connectivity index (χ4v) is 2.06. The monoisotopic (exact) mass is 352 g/mol. The van der Waals surface area contributed by atoms with E-state index in [4.69, 9.17) is 9.26 Å². The van der Waals surface area contributed by atoms with Gasteiger partial charge in [-0.25, -0.2) is 4.79 Å². The highest BCUT2D eigenvalue weighted by molar-refractivity contribution is 5.87. The molecular formula is C17H12N4O5. The Morgan fingerprint density at radius 2 is 2.12 bits per heavy atom. The van der Waals surface area contributed by atoms with Crippen LogP contribution in [0.25, 0.3) is 17.5 Å². The number of ether oxygens (including phenoxy) is 1. The van der Waals surface area contributed by atoms with E-state index < -0.39 is 10.9 Å². The SMILES string of the molecule is O=C(/C=C/c1ccccc1[N+](=O)[O-])OCc1nc(-c2cccnc2)no1. The summed E-state index contributed by atoms with van der Waals surface area (Å²) in [5.74, 6) is -0.236. The Bertz CT molecular complexity index is 953. The molecule has 0 radical (unpaired) electrons. The van der Waals surface area contributed by atoms with Crippen molar-refractivity contribution in [3.63, 3.8) is 0 Å². The average Bonchev–Trinajstić information content (AvgIpc) is 3.14. The van der Waals surface area contributed by atoms with Crippen molar-refractivity contribution in [1.82, 2.24) is 15.1 Å². The van der Waals surface area contributed by atoms with Crippen molar-refractivity contribution in [3.05, 3.63) is 76.4 Å². The summed E-state index contributed by atoms with van der Waals surface area (Å²) in [7, 11) is 0. The first-order valence-electron chi connectivity index (χ1n) is 7.45. The predicted octanol–water partition coefficient (Wildman–Crippen LogP) is 2.80. The molecule has 2 aromatic heterocycles. The van der Waals surface area contributed by atoms with E-state index in [2.05, 4.69) is 15.1 Å². The maximum Gasteiger partial charge on any atom is 0.331 e. The summed E-state index contributed by atoms with van der Waals surface area (Å²) >= 11 is 0. The van der Waals surface area contributed by atoms with Gasteiger partial charge in [0.15, 0.2) is 6.61 Å². The number of aromatic nitrogens is 3. The van der Waals surface area contributed by atoms with Crippen LogP contribution < -0.4 is 0 Å². The third-order valence-corrected chi connectivity index (χ3v) is 3.26. The number of carbonyl (C=O) groups excluding carboxylic acids is 1. The lowest BCUT2D eigenvalue weighted by Crippen LogP contribution is -2.01. The van der Waals surface area contributed by atoms with E-state index in [9.17, 15) is 14.9 Å². The number of nitro groups is 1. The zero-order chi connectivity index (χ0) is 18.4. The van der Waals surface area contributed by atoms with Gasteiger partial charge in [-0.2, -0.15) is 4.98 Å². The number of pyridine rings is 1. The van der Waals surface area contributed by atoms with Gasteiger partial charge in [0.1, 0.15) is 0 Å². The van der Waals surface area contributed by atoms with Gasteiger partial charge >= 0.3 is 5.97 Å². The van der Waals surface area contributed by atoms with Crippen LogP contribution in [0, 0.1) is 10.1 Å². The summed E-state index contributed by atoms with van der Waals surface area (Å²) < 4.78 is 10.00. The molecular weight excluding hydrogens is 340 g/mol. The number of benzene rings is 1. The molecule has 0 unspecified atom stereocenters. The predicted molar refractivity (Wildman–Crippen MR) is 89.5 cm³/mol. The van der Waals surface area contributed by atoms with Crippen LogP contribution in [0.4, 0.5) is 5.69 Å². The lowest BCUT2D eigenvalue weighted by Gasteiger charge is -1.98. The van der Waals surface area contributed by atoms with Crippen LogP contribution in [-0.4, -0.2) is 26.0 Å². The summed E-state index contributed by atoms with van der Waals surface area (Å²) in [5.41, 5.74) is 0.866. The third-order valence-electron chi connectivity index (χ3n) is 3.26. The number of para-hydroxylation sites is 1. The normalized spacial score (nSPS) is 10.8. The molecule has 0 aliphatic rings. The molecule has 0 atom stereocenters. The highest BCUT2D eigenvalue weighted by atomic mass is 16.6. The molecule has 0 aliphatic carbocycles. The van der Waals surface area contributed by atoms with E-state index in [1.54, 1.807) is 36.7 Å². The fourth-order valence-electron chi connectivity index (χ4n) is 2.06. The lowest BCUT2D eigenvalue weighted by atomic mass is 10.1. The Kier molecular flexibility index (Phi) is 5.08. The summed E-state index contributed by atoms with van der Waals surface area (Å²) in [6, 6.07) is 9.56. The van der Waals surface area contributed by atoms with Crippen LogP contribution in [-0.2, 0) is 16.1 Å². The van der Waals surface area contributed by atoms with Crippen molar-refractivity contribution in [3.8, 4) is 11.4 Å². The molecule has 0 N–H and O–H groups in total. The topological polar surface area (TPSA) is 121 Å². The van der Waals surface area contributed by atoms with E-state index in [0.29, 0.717) is 17.0 Å². The molecule has 3 rings (SSSR count). The van der Waals surface area contributed by atoms with Gasteiger partial charge in [-0.15, -0.1) is 0 Å². The molecule has 9 nitrogen and oxygen atoms in total. The molecule has 26 heavy (non-hydrogen) atoms. The maximum absolute atomic E-state index is 11.8. The molecule has 0 spiro atoms. The van der Waals surface area contributed by atoms with Crippen LogP contribution >= 0.6 is 0 Å². The van der Waals surface area contributed by atoms with Crippen molar-refractivity contribution < 1.29 is 19.0 Å². The fraction of sp³-hybridized carbons (Fsp3) is 0.0588. The number of carbonyl (C=O) groups is 1. The number of nitro benzene ring substituents is 1. The second-order valence-electron chi connectivity index (χ2n) is 5.01. The Labute approximate surface area is 147 Å². The number of nitrogens with zero attached hydrogens (tertiary/aromatic N) is 4. The Hall–Kier alpha value is -3.88. The van der Waals surface area contributed by atoms with E-state index in [1.807, 2.05) is 0 Å². The second kappa shape index (κ2) is 7.79. The van der Waals surface area contributed by atoms with Gasteiger partial charge in [0.2, 0.25) is 5.82 Å².